The summed E-state index contributed by atoms with van der Waals surface area (Å²) in [6.45, 7) is 13.1. The van der Waals surface area contributed by atoms with Crippen LogP contribution in [0.1, 0.15) is 39.9 Å². The highest BCUT2D eigenvalue weighted by Crippen LogP contribution is 2.26. The van der Waals surface area contributed by atoms with Crippen molar-refractivity contribution in [2.75, 3.05) is 26.7 Å². The van der Waals surface area contributed by atoms with Crippen LogP contribution >= 0.6 is 0 Å². The fourth-order valence-electron chi connectivity index (χ4n) is 3.43. The van der Waals surface area contributed by atoms with Crippen molar-refractivity contribution in [1.29, 1.82) is 0 Å². The summed E-state index contributed by atoms with van der Waals surface area (Å²) in [6, 6.07) is 0. The molecule has 0 aromatic carbocycles. The molecule has 2 rings (SSSR count). The monoisotopic (exact) mass is 335 g/mol. The van der Waals surface area contributed by atoms with Gasteiger partial charge >= 0.3 is 0 Å². The molecule has 1 aliphatic heterocycles. The largest absolute Gasteiger partial charge is 0.355 e. The lowest BCUT2D eigenvalue weighted by Gasteiger charge is -2.45. The molecule has 24 heavy (non-hydrogen) atoms. The van der Waals surface area contributed by atoms with Crippen LogP contribution in [-0.4, -0.2) is 57.8 Å². The molecule has 1 aliphatic rings. The second kappa shape index (κ2) is 7.96. The first-order valence-corrected chi connectivity index (χ1v) is 8.84. The minimum atomic E-state index is 0.0886. The van der Waals surface area contributed by atoms with Crippen molar-refractivity contribution in [2.24, 2.45) is 23.9 Å². The van der Waals surface area contributed by atoms with Gasteiger partial charge in [0.25, 0.3) is 0 Å². The molecule has 0 radical (unpaired) electrons. The smallest absolute Gasteiger partial charge is 0.191 e. The Hall–Kier alpha value is -1.63. The van der Waals surface area contributed by atoms with E-state index in [2.05, 4.69) is 58.3 Å². The van der Waals surface area contributed by atoms with Gasteiger partial charge in [0.1, 0.15) is 12.2 Å². The molecule has 2 heterocycles. The number of nitrogens with one attached hydrogen (secondary N) is 2. The first kappa shape index (κ1) is 18.7. The summed E-state index contributed by atoms with van der Waals surface area (Å²) < 4.78 is 1.76. The van der Waals surface area contributed by atoms with E-state index < -0.39 is 0 Å². The molecular weight excluding hydrogens is 302 g/mol. The third kappa shape index (κ3) is 4.93. The van der Waals surface area contributed by atoms with Gasteiger partial charge in [-0.05, 0) is 32.1 Å². The summed E-state index contributed by atoms with van der Waals surface area (Å²) in [5.41, 5.74) is 0.0886. The molecule has 7 heteroatoms. The van der Waals surface area contributed by atoms with Crippen molar-refractivity contribution in [3.05, 3.63) is 12.2 Å². The molecule has 1 aromatic heterocycles. The molecule has 1 fully saturated rings. The highest BCUT2D eigenvalue weighted by atomic mass is 15.3. The number of piperidine rings is 1. The maximum atomic E-state index is 4.31. The Morgan fingerprint density at radius 2 is 1.96 bits per heavy atom. The van der Waals surface area contributed by atoms with Gasteiger partial charge in [-0.25, -0.2) is 4.98 Å². The zero-order valence-corrected chi connectivity index (χ0v) is 16.0. The van der Waals surface area contributed by atoms with E-state index >= 15 is 0 Å². The molecular formula is C17H33N7. The van der Waals surface area contributed by atoms with Crippen LogP contribution in [0.25, 0.3) is 0 Å². The van der Waals surface area contributed by atoms with Gasteiger partial charge in [-0.3, -0.25) is 14.6 Å². The number of nitrogens with zero attached hydrogens (tertiary/aromatic N) is 5. The molecule has 0 aliphatic carbocycles. The Balaban J connectivity index is 1.86. The van der Waals surface area contributed by atoms with E-state index in [4.69, 9.17) is 0 Å². The van der Waals surface area contributed by atoms with Crippen molar-refractivity contribution >= 4 is 5.96 Å². The minimum Gasteiger partial charge on any atom is -0.355 e. The van der Waals surface area contributed by atoms with Crippen molar-refractivity contribution in [2.45, 2.75) is 46.2 Å². The number of aliphatic imine (C=N–C) groups is 1. The van der Waals surface area contributed by atoms with Crippen LogP contribution in [-0.2, 0) is 13.6 Å². The van der Waals surface area contributed by atoms with Crippen LogP contribution < -0.4 is 10.6 Å². The van der Waals surface area contributed by atoms with E-state index in [1.165, 1.54) is 19.5 Å². The third-order valence-electron chi connectivity index (χ3n) is 4.86. The first-order valence-electron chi connectivity index (χ1n) is 8.84. The van der Waals surface area contributed by atoms with Gasteiger partial charge in [0.05, 0.1) is 6.54 Å². The van der Waals surface area contributed by atoms with Crippen LogP contribution in [0.2, 0.25) is 0 Å². The lowest BCUT2D eigenvalue weighted by atomic mass is 9.88. The standard InChI is InChI=1S/C17H33N7/c1-13-7-14(2)10-24(9-13)17(3,4)11-20-16(18-5)19-8-15-21-12-22-23(15)6/h12-14H,7-11H2,1-6H3,(H2,18,19,20). The van der Waals surface area contributed by atoms with E-state index in [9.17, 15) is 0 Å². The number of aryl methyl sites for hydroxylation is 1. The summed E-state index contributed by atoms with van der Waals surface area (Å²) in [5, 5.41) is 10.8. The molecule has 1 aromatic rings. The van der Waals surface area contributed by atoms with Crippen molar-refractivity contribution in [1.82, 2.24) is 30.3 Å². The number of aromatic nitrogens is 3. The number of rotatable bonds is 5. The van der Waals surface area contributed by atoms with Gasteiger partial charge in [0, 0.05) is 39.3 Å². The zero-order valence-electron chi connectivity index (χ0n) is 16.0. The summed E-state index contributed by atoms with van der Waals surface area (Å²) in [7, 11) is 3.69. The topological polar surface area (TPSA) is 70.4 Å². The normalized spacial score (nSPS) is 23.3. The number of likely N-dealkylation sites (tertiary alicyclic amines) is 1. The predicted molar refractivity (Wildman–Crippen MR) is 97.8 cm³/mol. The summed E-state index contributed by atoms with van der Waals surface area (Å²) in [6.07, 6.45) is 2.90. The van der Waals surface area contributed by atoms with Crippen LogP contribution in [0.15, 0.2) is 11.3 Å². The lowest BCUT2D eigenvalue weighted by Crippen LogP contribution is -2.57. The van der Waals surface area contributed by atoms with Crippen molar-refractivity contribution in [3.63, 3.8) is 0 Å². The van der Waals surface area contributed by atoms with E-state index in [1.54, 1.807) is 18.1 Å². The van der Waals surface area contributed by atoms with Gasteiger partial charge in [0.2, 0.25) is 0 Å². The average molecular weight is 336 g/mol. The number of hydrogen-bond acceptors (Lipinski definition) is 4. The van der Waals surface area contributed by atoms with Gasteiger partial charge in [-0.15, -0.1) is 0 Å². The molecule has 0 amide bonds. The summed E-state index contributed by atoms with van der Waals surface area (Å²) in [5.74, 6) is 3.21. The first-order chi connectivity index (χ1) is 11.3. The highest BCUT2D eigenvalue weighted by Gasteiger charge is 2.32. The van der Waals surface area contributed by atoms with Gasteiger partial charge in [-0.1, -0.05) is 13.8 Å². The van der Waals surface area contributed by atoms with Crippen molar-refractivity contribution in [3.8, 4) is 0 Å². The molecule has 136 valence electrons. The van der Waals surface area contributed by atoms with Gasteiger partial charge < -0.3 is 10.6 Å². The quantitative estimate of drug-likeness (QED) is 0.626. The van der Waals surface area contributed by atoms with Crippen molar-refractivity contribution < 1.29 is 0 Å². The molecule has 1 saturated heterocycles. The Morgan fingerprint density at radius 1 is 1.29 bits per heavy atom. The molecule has 0 spiro atoms. The SMILES string of the molecule is CN=C(NCc1ncnn1C)NCC(C)(C)N1CC(C)CC(C)C1. The lowest BCUT2D eigenvalue weighted by molar-refractivity contribution is 0.0483. The Labute approximate surface area is 145 Å². The second-order valence-electron chi connectivity index (χ2n) is 7.74. The van der Waals surface area contributed by atoms with Gasteiger partial charge in [0.15, 0.2) is 5.96 Å². The molecule has 0 bridgehead atoms. The molecule has 7 nitrogen and oxygen atoms in total. The van der Waals surface area contributed by atoms with Crippen LogP contribution in [0.4, 0.5) is 0 Å². The highest BCUT2D eigenvalue weighted by molar-refractivity contribution is 5.79. The third-order valence-corrected chi connectivity index (χ3v) is 4.86. The summed E-state index contributed by atoms with van der Waals surface area (Å²) >= 11 is 0. The average Bonchev–Trinajstić information content (AvgIpc) is 2.92. The van der Waals surface area contributed by atoms with E-state index in [0.29, 0.717) is 6.54 Å². The van der Waals surface area contributed by atoms with E-state index in [0.717, 1.165) is 30.2 Å². The van der Waals surface area contributed by atoms with E-state index in [1.807, 2.05) is 7.05 Å². The Morgan fingerprint density at radius 3 is 2.50 bits per heavy atom. The zero-order chi connectivity index (χ0) is 17.7. The Kier molecular flexibility index (Phi) is 6.21. The molecule has 2 unspecified atom stereocenters. The summed E-state index contributed by atoms with van der Waals surface area (Å²) in [4.78, 5) is 11.1. The van der Waals surface area contributed by atoms with Crippen LogP contribution in [0.3, 0.4) is 0 Å². The fraction of sp³-hybridized carbons (Fsp3) is 0.824. The maximum absolute atomic E-state index is 4.31. The minimum absolute atomic E-state index is 0.0886. The van der Waals surface area contributed by atoms with Crippen LogP contribution in [0.5, 0.6) is 0 Å². The Bertz CT molecular complexity index is 539. The number of guanidine groups is 1. The number of hydrogen-bond donors (Lipinski definition) is 2. The maximum Gasteiger partial charge on any atom is 0.191 e. The molecule has 2 atom stereocenters. The fourth-order valence-corrected chi connectivity index (χ4v) is 3.43. The predicted octanol–water partition coefficient (Wildman–Crippen LogP) is 1.24. The van der Waals surface area contributed by atoms with Crippen LogP contribution in [0, 0.1) is 11.8 Å². The second-order valence-corrected chi connectivity index (χ2v) is 7.74. The molecule has 0 saturated carbocycles. The van der Waals surface area contributed by atoms with E-state index in [-0.39, 0.29) is 5.54 Å². The molecule has 2 N–H and O–H groups in total. The van der Waals surface area contributed by atoms with Gasteiger partial charge in [-0.2, -0.15) is 5.10 Å².